The van der Waals surface area contributed by atoms with Gasteiger partial charge in [0.2, 0.25) is 5.91 Å². The number of carbonyl (C=O) groups is 1. The molecule has 0 heterocycles. The summed E-state index contributed by atoms with van der Waals surface area (Å²) in [6.07, 6.45) is 3.22. The number of hydrogen-bond acceptors (Lipinski definition) is 2. The van der Waals surface area contributed by atoms with Crippen LogP contribution < -0.4 is 5.32 Å². The number of hydrogen-bond donors (Lipinski definition) is 1. The number of rotatable bonds is 5. The van der Waals surface area contributed by atoms with Crippen molar-refractivity contribution in [2.24, 2.45) is 0 Å². The number of thioether (sulfide) groups is 1. The van der Waals surface area contributed by atoms with E-state index < -0.39 is 0 Å². The molecule has 0 saturated heterocycles. The van der Waals surface area contributed by atoms with E-state index in [0.717, 1.165) is 30.6 Å². The Balaban J connectivity index is 1.49. The second kappa shape index (κ2) is 7.64. The van der Waals surface area contributed by atoms with Crippen molar-refractivity contribution in [3.8, 4) is 0 Å². The number of carbonyl (C=O) groups excluding carboxylic acids is 1. The maximum atomic E-state index is 12.8. The highest BCUT2D eigenvalue weighted by atomic mass is 32.2. The first-order chi connectivity index (χ1) is 11.2. The van der Waals surface area contributed by atoms with Gasteiger partial charge in [-0.05, 0) is 48.1 Å². The minimum Gasteiger partial charge on any atom is -0.349 e. The second-order valence-electron chi connectivity index (χ2n) is 5.83. The van der Waals surface area contributed by atoms with Crippen LogP contribution in [0.5, 0.6) is 0 Å². The van der Waals surface area contributed by atoms with Gasteiger partial charge >= 0.3 is 0 Å². The van der Waals surface area contributed by atoms with E-state index in [2.05, 4.69) is 23.5 Å². The molecule has 0 aliphatic heterocycles. The lowest BCUT2D eigenvalue weighted by Crippen LogP contribution is -2.32. The molecule has 3 rings (SSSR count). The van der Waals surface area contributed by atoms with Gasteiger partial charge in [0.15, 0.2) is 0 Å². The number of benzene rings is 2. The zero-order valence-corrected chi connectivity index (χ0v) is 13.7. The molecule has 1 amide bonds. The average molecular weight is 329 g/mol. The Labute approximate surface area is 140 Å². The van der Waals surface area contributed by atoms with Crippen molar-refractivity contribution in [3.63, 3.8) is 0 Å². The van der Waals surface area contributed by atoms with Crippen LogP contribution in [0, 0.1) is 5.82 Å². The highest BCUT2D eigenvalue weighted by Gasteiger charge is 2.21. The molecule has 0 bridgehead atoms. The highest BCUT2D eigenvalue weighted by Crippen LogP contribution is 2.29. The third-order valence-corrected chi connectivity index (χ3v) is 5.12. The summed E-state index contributed by atoms with van der Waals surface area (Å²) in [5.74, 6) is 0.983. The van der Waals surface area contributed by atoms with E-state index in [-0.39, 0.29) is 17.8 Å². The second-order valence-corrected chi connectivity index (χ2v) is 6.82. The number of aryl methyl sites for hydroxylation is 1. The summed E-state index contributed by atoms with van der Waals surface area (Å²) >= 11 is 1.56. The molecule has 0 aromatic heterocycles. The molecule has 0 saturated carbocycles. The molecule has 1 unspecified atom stereocenters. The van der Waals surface area contributed by atoms with Gasteiger partial charge in [0, 0.05) is 5.75 Å². The first-order valence-corrected chi connectivity index (χ1v) is 9.07. The van der Waals surface area contributed by atoms with Gasteiger partial charge in [-0.1, -0.05) is 36.4 Å². The molecule has 1 N–H and O–H groups in total. The van der Waals surface area contributed by atoms with Crippen LogP contribution in [0.2, 0.25) is 0 Å². The predicted octanol–water partition coefficient (Wildman–Crippen LogP) is 4.25. The number of fused-ring (bicyclic) bond motifs is 1. The summed E-state index contributed by atoms with van der Waals surface area (Å²) in [5.41, 5.74) is 3.64. The van der Waals surface area contributed by atoms with Crippen molar-refractivity contribution < 1.29 is 9.18 Å². The van der Waals surface area contributed by atoms with Crippen LogP contribution in [0.15, 0.2) is 48.5 Å². The minimum atomic E-state index is -0.229. The van der Waals surface area contributed by atoms with Crippen molar-refractivity contribution in [1.29, 1.82) is 0 Å². The van der Waals surface area contributed by atoms with Gasteiger partial charge in [0.1, 0.15) is 5.82 Å². The molecule has 23 heavy (non-hydrogen) atoms. The number of amides is 1. The Morgan fingerprint density at radius 1 is 1.17 bits per heavy atom. The fourth-order valence-corrected chi connectivity index (χ4v) is 3.78. The smallest absolute Gasteiger partial charge is 0.230 e. The summed E-state index contributed by atoms with van der Waals surface area (Å²) in [5, 5.41) is 3.15. The first-order valence-electron chi connectivity index (χ1n) is 7.92. The fourth-order valence-electron chi connectivity index (χ4n) is 2.98. The van der Waals surface area contributed by atoms with Gasteiger partial charge < -0.3 is 5.32 Å². The van der Waals surface area contributed by atoms with Crippen LogP contribution in [-0.2, 0) is 17.0 Å². The summed E-state index contributed by atoms with van der Waals surface area (Å²) in [6.45, 7) is 0. The van der Waals surface area contributed by atoms with E-state index in [1.807, 2.05) is 6.07 Å². The third kappa shape index (κ3) is 4.35. The van der Waals surface area contributed by atoms with Crippen LogP contribution in [0.3, 0.4) is 0 Å². The van der Waals surface area contributed by atoms with Crippen LogP contribution in [0.4, 0.5) is 4.39 Å². The molecule has 2 aromatic carbocycles. The molecular formula is C19H20FNOS. The summed E-state index contributed by atoms with van der Waals surface area (Å²) < 4.78 is 12.8. The zero-order chi connectivity index (χ0) is 16.1. The van der Waals surface area contributed by atoms with E-state index in [4.69, 9.17) is 0 Å². The molecule has 1 aliphatic rings. The monoisotopic (exact) mass is 329 g/mol. The molecule has 1 aliphatic carbocycles. The quantitative estimate of drug-likeness (QED) is 0.888. The fraction of sp³-hybridized carbons (Fsp3) is 0.316. The lowest BCUT2D eigenvalue weighted by atomic mass is 9.88. The van der Waals surface area contributed by atoms with Crippen molar-refractivity contribution in [3.05, 3.63) is 71.0 Å². The molecule has 2 nitrogen and oxygen atoms in total. The molecule has 2 aromatic rings. The third-order valence-electron chi connectivity index (χ3n) is 4.12. The van der Waals surface area contributed by atoms with E-state index in [1.54, 1.807) is 23.9 Å². The maximum Gasteiger partial charge on any atom is 0.230 e. The van der Waals surface area contributed by atoms with Gasteiger partial charge in [-0.15, -0.1) is 11.8 Å². The minimum absolute atomic E-state index is 0.0683. The Morgan fingerprint density at radius 2 is 1.96 bits per heavy atom. The molecule has 0 radical (unpaired) electrons. The van der Waals surface area contributed by atoms with E-state index >= 15 is 0 Å². The zero-order valence-electron chi connectivity index (χ0n) is 12.9. The summed E-state index contributed by atoms with van der Waals surface area (Å²) in [7, 11) is 0. The van der Waals surface area contributed by atoms with Gasteiger partial charge in [0.25, 0.3) is 0 Å². The van der Waals surface area contributed by atoms with E-state index in [1.165, 1.54) is 23.3 Å². The normalized spacial score (nSPS) is 16.7. The Bertz CT molecular complexity index is 671. The van der Waals surface area contributed by atoms with Gasteiger partial charge in [-0.3, -0.25) is 4.79 Å². The van der Waals surface area contributed by atoms with Crippen LogP contribution in [0.25, 0.3) is 0 Å². The molecule has 0 fully saturated rings. The predicted molar refractivity (Wildman–Crippen MR) is 92.8 cm³/mol. The van der Waals surface area contributed by atoms with Crippen LogP contribution >= 0.6 is 11.8 Å². The van der Waals surface area contributed by atoms with Crippen molar-refractivity contribution in [2.45, 2.75) is 31.1 Å². The van der Waals surface area contributed by atoms with Gasteiger partial charge in [0.05, 0.1) is 11.8 Å². The van der Waals surface area contributed by atoms with Crippen LogP contribution in [-0.4, -0.2) is 11.7 Å². The molecule has 120 valence electrons. The lowest BCUT2D eigenvalue weighted by Gasteiger charge is -2.26. The first kappa shape index (κ1) is 16.1. The van der Waals surface area contributed by atoms with Crippen molar-refractivity contribution >= 4 is 17.7 Å². The van der Waals surface area contributed by atoms with Crippen molar-refractivity contribution in [1.82, 2.24) is 5.32 Å². The topological polar surface area (TPSA) is 29.1 Å². The Hall–Kier alpha value is -1.81. The standard InChI is InChI=1S/C19H20FNOS/c20-16-10-8-14(9-11-16)12-23-13-19(22)21-18-7-3-5-15-4-1-2-6-17(15)18/h1-2,4,6,8-11,18H,3,5,7,12-13H2,(H,21,22). The summed E-state index contributed by atoms with van der Waals surface area (Å²) in [4.78, 5) is 12.2. The average Bonchev–Trinajstić information content (AvgIpc) is 2.57. The Kier molecular flexibility index (Phi) is 5.34. The van der Waals surface area contributed by atoms with Crippen molar-refractivity contribution in [2.75, 3.05) is 5.75 Å². The SMILES string of the molecule is O=C(CSCc1ccc(F)cc1)NC1CCCc2ccccc21. The van der Waals surface area contributed by atoms with E-state index in [0.29, 0.717) is 5.75 Å². The molecule has 0 spiro atoms. The lowest BCUT2D eigenvalue weighted by molar-refractivity contribution is -0.119. The number of nitrogens with one attached hydrogen (secondary N) is 1. The van der Waals surface area contributed by atoms with Crippen LogP contribution in [0.1, 0.15) is 35.6 Å². The summed E-state index contributed by atoms with van der Waals surface area (Å²) in [6, 6.07) is 14.9. The van der Waals surface area contributed by atoms with Gasteiger partial charge in [-0.25, -0.2) is 4.39 Å². The maximum absolute atomic E-state index is 12.8. The van der Waals surface area contributed by atoms with Gasteiger partial charge in [-0.2, -0.15) is 0 Å². The molecule has 4 heteroatoms. The highest BCUT2D eigenvalue weighted by molar-refractivity contribution is 7.99. The molecular weight excluding hydrogens is 309 g/mol. The Morgan fingerprint density at radius 3 is 2.78 bits per heavy atom. The molecule has 1 atom stereocenters. The van der Waals surface area contributed by atoms with E-state index in [9.17, 15) is 9.18 Å². The largest absolute Gasteiger partial charge is 0.349 e. The number of halogens is 1.